The maximum atomic E-state index is 2.40. The number of fused-ring (bicyclic) bond motifs is 2. The van der Waals surface area contributed by atoms with Crippen molar-refractivity contribution in [2.45, 2.75) is 19.3 Å². The van der Waals surface area contributed by atoms with Crippen LogP contribution in [0.5, 0.6) is 0 Å². The maximum Gasteiger partial charge on any atom is 4.00 e. The summed E-state index contributed by atoms with van der Waals surface area (Å²) in [6.45, 7) is 4.69. The third-order valence-corrected chi connectivity index (χ3v) is 7.11. The smallest absolute Gasteiger partial charge is 0.358 e. The average molecular weight is 631 g/mol. The van der Waals surface area contributed by atoms with Gasteiger partial charge in [0.05, 0.1) is 0 Å². The van der Waals surface area contributed by atoms with Crippen molar-refractivity contribution in [3.63, 3.8) is 0 Å². The van der Waals surface area contributed by atoms with Crippen molar-refractivity contribution in [3.8, 4) is 22.3 Å². The Bertz CT molecular complexity index is 1440. The maximum absolute atomic E-state index is 2.40. The van der Waals surface area contributed by atoms with Crippen molar-refractivity contribution in [1.29, 1.82) is 0 Å². The van der Waals surface area contributed by atoms with Crippen LogP contribution in [0.15, 0.2) is 121 Å². The van der Waals surface area contributed by atoms with Crippen molar-refractivity contribution in [1.82, 2.24) is 0 Å². The molecule has 36 heavy (non-hydrogen) atoms. The van der Waals surface area contributed by atoms with Crippen LogP contribution in [0.4, 0.5) is 0 Å². The molecule has 176 valence electrons. The summed E-state index contributed by atoms with van der Waals surface area (Å²) >= 11 is 0. The Morgan fingerprint density at radius 1 is 0.500 bits per heavy atom. The van der Waals surface area contributed by atoms with Crippen LogP contribution in [0.1, 0.15) is 25.0 Å². The molecule has 0 saturated carbocycles. The molecule has 0 unspecified atom stereocenters. The Balaban J connectivity index is 0.00000120. The molecule has 6 aromatic carbocycles. The zero-order valence-corrected chi connectivity index (χ0v) is 25.1. The van der Waals surface area contributed by atoms with E-state index in [1.165, 1.54) is 54.9 Å². The first-order chi connectivity index (χ1) is 16.1. The molecule has 0 radical (unpaired) electrons. The molecule has 0 aliphatic rings. The van der Waals surface area contributed by atoms with Crippen LogP contribution in [0.25, 0.3) is 43.8 Å². The zero-order chi connectivity index (χ0) is 22.4. The minimum Gasteiger partial charge on any atom is -0.358 e. The van der Waals surface area contributed by atoms with E-state index in [0.717, 1.165) is 0 Å². The number of hydrogen-bond acceptors (Lipinski definition) is 0. The summed E-state index contributed by atoms with van der Waals surface area (Å²) in [4.78, 5) is 0. The fraction of sp³-hybridized carbons (Fsp3) is 0.0857. The van der Waals surface area contributed by atoms with Crippen LogP contribution in [0, 0.1) is 14.9 Å². The third-order valence-electron chi connectivity index (χ3n) is 7.11. The van der Waals surface area contributed by atoms with Crippen LogP contribution in [-0.2, 0) is 31.3 Å². The first-order valence-electron chi connectivity index (χ1n) is 11.6. The molecule has 6 aromatic rings. The number of rotatable bonds is 4. The van der Waals surface area contributed by atoms with Gasteiger partial charge in [0.1, 0.15) is 0 Å². The van der Waals surface area contributed by atoms with E-state index in [4.69, 9.17) is 0 Å². The van der Waals surface area contributed by atoms with Crippen molar-refractivity contribution >= 4 is 21.5 Å². The third kappa shape index (κ3) is 4.70. The molecular weight excluding hydrogens is 599 g/mol. The summed E-state index contributed by atoms with van der Waals surface area (Å²) in [6, 6.07) is 44.2. The van der Waals surface area contributed by atoms with E-state index in [1.54, 1.807) is 0 Å². The second kappa shape index (κ2) is 10.9. The van der Waals surface area contributed by atoms with Gasteiger partial charge in [-0.25, -0.2) is 0 Å². The van der Waals surface area contributed by atoms with Gasteiger partial charge in [0.2, 0.25) is 0 Å². The van der Waals surface area contributed by atoms with Gasteiger partial charge < -0.3 is 14.9 Å². The Morgan fingerprint density at radius 3 is 1.28 bits per heavy atom. The fourth-order valence-corrected chi connectivity index (χ4v) is 5.10. The molecule has 1 heteroatoms. The molecule has 0 N–H and O–H groups in total. The molecule has 0 fully saturated rings. The first kappa shape index (κ1) is 27.6. The van der Waals surface area contributed by atoms with Crippen LogP contribution in [0.2, 0.25) is 0 Å². The summed E-state index contributed by atoms with van der Waals surface area (Å²) in [7, 11) is 0. The van der Waals surface area contributed by atoms with Gasteiger partial charge in [0, 0.05) is 0 Å². The SMILES string of the molecule is CC(C)(c1cc2c(-c3ccccc3)cccc2[cH-]1)c1cc2c(-c3ccccc3)cccc2[cH-]1.[CH3-].[CH3-].[Hf+4]. The fourth-order valence-electron chi connectivity index (χ4n) is 5.10. The molecule has 0 spiro atoms. The molecule has 0 aliphatic heterocycles. The Morgan fingerprint density at radius 2 is 0.889 bits per heavy atom. The van der Waals surface area contributed by atoms with E-state index in [2.05, 4.69) is 135 Å². The van der Waals surface area contributed by atoms with Crippen LogP contribution in [0.3, 0.4) is 0 Å². The average Bonchev–Trinajstić information content (AvgIpc) is 3.50. The Kier molecular flexibility index (Phi) is 8.37. The molecular formula is C35H32Hf. The molecule has 0 bridgehead atoms. The largest absolute Gasteiger partial charge is 4.00 e. The molecule has 6 rings (SSSR count). The van der Waals surface area contributed by atoms with Crippen molar-refractivity contribution in [3.05, 3.63) is 147 Å². The molecule has 0 amide bonds. The van der Waals surface area contributed by atoms with Gasteiger partial charge in [0.15, 0.2) is 0 Å². The molecule has 0 saturated heterocycles. The van der Waals surface area contributed by atoms with Gasteiger partial charge in [-0.15, -0.1) is 69.1 Å². The number of hydrogen-bond donors (Lipinski definition) is 0. The molecule has 0 atom stereocenters. The standard InChI is InChI=1S/C33H26.2CH3.Hf/c1-33(2,27-19-25-15-9-17-29(31(25)21-27)23-11-5-3-6-12-23)28-20-26-16-10-18-30(32(26)22-28)24-13-7-4-8-14-24;;;/h3-22H,1-2H3;2*1H3;/q-2;2*-1;+4. The minimum atomic E-state index is -0.0973. The summed E-state index contributed by atoms with van der Waals surface area (Å²) < 4.78 is 0. The van der Waals surface area contributed by atoms with E-state index in [-0.39, 0.29) is 46.1 Å². The topological polar surface area (TPSA) is 0 Å². The number of benzene rings is 4. The van der Waals surface area contributed by atoms with Gasteiger partial charge in [-0.05, 0) is 16.5 Å². The first-order valence-corrected chi connectivity index (χ1v) is 11.6. The molecule has 0 heterocycles. The predicted molar refractivity (Wildman–Crippen MR) is 155 cm³/mol. The van der Waals surface area contributed by atoms with Gasteiger partial charge in [-0.1, -0.05) is 97.8 Å². The molecule has 0 aliphatic carbocycles. The molecule has 0 aromatic heterocycles. The summed E-state index contributed by atoms with van der Waals surface area (Å²) in [5.74, 6) is 0. The zero-order valence-electron chi connectivity index (χ0n) is 21.5. The van der Waals surface area contributed by atoms with E-state index in [0.29, 0.717) is 0 Å². The second-order valence-electron chi connectivity index (χ2n) is 9.46. The van der Waals surface area contributed by atoms with Gasteiger partial charge in [-0.2, -0.15) is 12.1 Å². The van der Waals surface area contributed by atoms with Crippen LogP contribution >= 0.6 is 0 Å². The van der Waals surface area contributed by atoms with E-state index in [1.807, 2.05) is 0 Å². The van der Waals surface area contributed by atoms with Gasteiger partial charge in [0.25, 0.3) is 0 Å². The van der Waals surface area contributed by atoms with E-state index < -0.39 is 0 Å². The summed E-state index contributed by atoms with van der Waals surface area (Å²) in [5, 5.41) is 5.27. The normalized spacial score (nSPS) is 10.9. The van der Waals surface area contributed by atoms with Gasteiger partial charge in [-0.3, -0.25) is 0 Å². The summed E-state index contributed by atoms with van der Waals surface area (Å²) in [6.07, 6.45) is 0. The quantitative estimate of drug-likeness (QED) is 0.134. The van der Waals surface area contributed by atoms with Crippen LogP contribution < -0.4 is 0 Å². The Labute approximate surface area is 235 Å². The summed E-state index contributed by atoms with van der Waals surface area (Å²) in [5.41, 5.74) is 7.76. The van der Waals surface area contributed by atoms with Crippen molar-refractivity contribution < 1.29 is 25.8 Å². The van der Waals surface area contributed by atoms with Crippen LogP contribution in [-0.4, -0.2) is 0 Å². The molecule has 0 nitrogen and oxygen atoms in total. The van der Waals surface area contributed by atoms with Gasteiger partial charge >= 0.3 is 25.8 Å². The van der Waals surface area contributed by atoms with E-state index in [9.17, 15) is 0 Å². The van der Waals surface area contributed by atoms with E-state index >= 15 is 0 Å². The monoisotopic (exact) mass is 632 g/mol. The minimum absolute atomic E-state index is 0. The second-order valence-corrected chi connectivity index (χ2v) is 9.46. The Hall–Kier alpha value is -3.03. The van der Waals surface area contributed by atoms with Crippen molar-refractivity contribution in [2.24, 2.45) is 0 Å². The predicted octanol–water partition coefficient (Wildman–Crippen LogP) is 9.99. The van der Waals surface area contributed by atoms with Crippen molar-refractivity contribution in [2.75, 3.05) is 0 Å².